The van der Waals surface area contributed by atoms with Gasteiger partial charge in [0, 0.05) is 11.6 Å². The summed E-state index contributed by atoms with van der Waals surface area (Å²) in [4.78, 5) is 12.0. The van der Waals surface area contributed by atoms with Gasteiger partial charge in [-0.05, 0) is 26.0 Å². The number of carbonyl (C=O) groups is 1. The van der Waals surface area contributed by atoms with E-state index in [1.807, 2.05) is 44.2 Å². The van der Waals surface area contributed by atoms with E-state index in [-0.39, 0.29) is 5.91 Å². The Morgan fingerprint density at radius 2 is 1.93 bits per heavy atom. The summed E-state index contributed by atoms with van der Waals surface area (Å²) < 4.78 is 1.67. The second-order valence-corrected chi connectivity index (χ2v) is 4.43. The van der Waals surface area contributed by atoms with Crippen LogP contribution in [0.5, 0.6) is 0 Å². The van der Waals surface area contributed by atoms with E-state index in [1.165, 1.54) is 0 Å². The largest absolute Gasteiger partial charge is 0.283 e. The number of aromatic nitrogens is 1. The molecule has 2 aromatic rings. The standard InChI is InChI=1S/C13H14NO/c1-13(2,3)12(15)14-9-8-10-6-4-5-7-11(10)14/h4-9H,1H2,2-3H3/q+1. The van der Waals surface area contributed by atoms with Gasteiger partial charge in [0.25, 0.3) is 5.91 Å². The highest BCUT2D eigenvalue weighted by Gasteiger charge is 2.30. The molecule has 0 saturated heterocycles. The lowest BCUT2D eigenvalue weighted by Crippen LogP contribution is -2.26. The highest BCUT2D eigenvalue weighted by molar-refractivity contribution is 5.95. The summed E-state index contributed by atoms with van der Waals surface area (Å²) in [5, 5.41) is 1.08. The van der Waals surface area contributed by atoms with Crippen molar-refractivity contribution >= 4 is 16.8 Å². The highest BCUT2D eigenvalue weighted by Crippen LogP contribution is 2.21. The van der Waals surface area contributed by atoms with Crippen molar-refractivity contribution in [3.05, 3.63) is 43.5 Å². The highest BCUT2D eigenvalue weighted by atomic mass is 16.2. The molecule has 15 heavy (non-hydrogen) atoms. The van der Waals surface area contributed by atoms with Crippen molar-refractivity contribution in [1.29, 1.82) is 0 Å². The van der Waals surface area contributed by atoms with Crippen LogP contribution < -0.4 is 0 Å². The Morgan fingerprint density at radius 1 is 1.27 bits per heavy atom. The summed E-state index contributed by atoms with van der Waals surface area (Å²) in [5.74, 6) is 0.0173. The van der Waals surface area contributed by atoms with Crippen LogP contribution in [0, 0.1) is 12.3 Å². The molecule has 76 valence electrons. The topological polar surface area (TPSA) is 22.0 Å². The monoisotopic (exact) mass is 200 g/mol. The Bertz CT molecular complexity index is 502. The Labute approximate surface area is 89.5 Å². The first-order valence-corrected chi connectivity index (χ1v) is 4.96. The molecule has 2 rings (SSSR count). The van der Waals surface area contributed by atoms with Crippen LogP contribution in [0.3, 0.4) is 0 Å². The third kappa shape index (κ3) is 1.63. The molecule has 0 radical (unpaired) electrons. The van der Waals surface area contributed by atoms with Gasteiger partial charge in [0.05, 0.1) is 12.4 Å². The third-order valence-corrected chi connectivity index (χ3v) is 2.40. The van der Waals surface area contributed by atoms with Crippen molar-refractivity contribution in [2.24, 2.45) is 5.41 Å². The first-order chi connectivity index (χ1) is 7.00. The van der Waals surface area contributed by atoms with Crippen LogP contribution in [0.1, 0.15) is 18.6 Å². The van der Waals surface area contributed by atoms with Gasteiger partial charge in [-0.1, -0.05) is 18.2 Å². The quantitative estimate of drug-likeness (QED) is 0.648. The molecule has 0 unspecified atom stereocenters. The van der Waals surface area contributed by atoms with Gasteiger partial charge in [-0.2, -0.15) is 0 Å². The van der Waals surface area contributed by atoms with Crippen molar-refractivity contribution in [2.45, 2.75) is 13.8 Å². The minimum Gasteiger partial charge on any atom is -0.283 e. The molecule has 2 heteroatoms. The molecule has 2 nitrogen and oxygen atoms in total. The Kier molecular flexibility index (Phi) is 2.07. The molecule has 0 bridgehead atoms. The van der Waals surface area contributed by atoms with Crippen molar-refractivity contribution < 1.29 is 4.79 Å². The van der Waals surface area contributed by atoms with Crippen LogP contribution in [0.15, 0.2) is 36.5 Å². The van der Waals surface area contributed by atoms with Crippen LogP contribution in [0.4, 0.5) is 0 Å². The molecule has 1 aromatic heterocycles. The molecule has 0 N–H and O–H groups in total. The van der Waals surface area contributed by atoms with Crippen LogP contribution in [-0.4, -0.2) is 10.5 Å². The summed E-state index contributed by atoms with van der Waals surface area (Å²) in [6.07, 6.45) is 1.81. The van der Waals surface area contributed by atoms with Crippen LogP contribution in [0.2, 0.25) is 0 Å². The maximum Gasteiger partial charge on any atom is 0.281 e. The van der Waals surface area contributed by atoms with Crippen molar-refractivity contribution in [2.75, 3.05) is 0 Å². The lowest BCUT2D eigenvalue weighted by atomic mass is 9.95. The molecule has 0 aliphatic carbocycles. The summed E-state index contributed by atoms with van der Waals surface area (Å²) >= 11 is 0. The first kappa shape index (κ1) is 9.84. The molecule has 1 heterocycles. The number of para-hydroxylation sites is 1. The average Bonchev–Trinajstić information content (AvgIpc) is 2.58. The van der Waals surface area contributed by atoms with Gasteiger partial charge in [-0.25, -0.2) is 0 Å². The summed E-state index contributed by atoms with van der Waals surface area (Å²) in [6, 6.07) is 9.78. The second kappa shape index (κ2) is 3.16. The zero-order chi connectivity index (χ0) is 11.1. The summed E-state index contributed by atoms with van der Waals surface area (Å²) in [7, 11) is 0. The average molecular weight is 200 g/mol. The number of hydrogen-bond donors (Lipinski definition) is 0. The smallest absolute Gasteiger partial charge is 0.281 e. The number of fused-ring (bicyclic) bond motifs is 1. The van der Waals surface area contributed by atoms with Crippen LogP contribution in [0.25, 0.3) is 10.9 Å². The van der Waals surface area contributed by atoms with E-state index in [2.05, 4.69) is 6.92 Å². The van der Waals surface area contributed by atoms with Gasteiger partial charge in [0.2, 0.25) is 0 Å². The van der Waals surface area contributed by atoms with Crippen molar-refractivity contribution in [3.8, 4) is 0 Å². The number of rotatable bonds is 1. The number of benzene rings is 1. The molecular formula is C13H14NO+. The molecule has 0 fully saturated rings. The molecule has 0 atom stereocenters. The molecule has 0 saturated carbocycles. The van der Waals surface area contributed by atoms with E-state index in [4.69, 9.17) is 0 Å². The fourth-order valence-corrected chi connectivity index (χ4v) is 1.59. The normalized spacial score (nSPS) is 11.9. The number of nitrogens with zero attached hydrogens (tertiary/aromatic N) is 1. The predicted octanol–water partition coefficient (Wildman–Crippen LogP) is 3.14. The molecule has 0 aliphatic rings. The fraction of sp³-hybridized carbons (Fsp3) is 0.231. The summed E-state index contributed by atoms with van der Waals surface area (Å²) in [5.41, 5.74) is 0.348. The minimum atomic E-state index is -0.595. The first-order valence-electron chi connectivity index (χ1n) is 4.96. The maximum atomic E-state index is 12.0. The predicted molar refractivity (Wildman–Crippen MR) is 61.7 cm³/mol. The lowest BCUT2D eigenvalue weighted by molar-refractivity contribution is 0.0799. The zero-order valence-corrected chi connectivity index (χ0v) is 9.03. The van der Waals surface area contributed by atoms with Crippen molar-refractivity contribution in [1.82, 2.24) is 4.57 Å². The Morgan fingerprint density at radius 3 is 2.60 bits per heavy atom. The van der Waals surface area contributed by atoms with E-state index >= 15 is 0 Å². The van der Waals surface area contributed by atoms with Gasteiger partial charge in [-0.15, -0.1) is 0 Å². The van der Waals surface area contributed by atoms with Gasteiger partial charge >= 0.3 is 0 Å². The van der Waals surface area contributed by atoms with E-state index < -0.39 is 5.41 Å². The molecule has 1 aromatic carbocycles. The van der Waals surface area contributed by atoms with Gasteiger partial charge in [0.1, 0.15) is 0 Å². The minimum absolute atomic E-state index is 0.0173. The number of carbonyl (C=O) groups excluding carboxylic acids is 1. The Balaban J connectivity index is 2.58. The van der Waals surface area contributed by atoms with E-state index in [0.29, 0.717) is 0 Å². The van der Waals surface area contributed by atoms with Crippen LogP contribution in [-0.2, 0) is 0 Å². The molecule has 0 spiro atoms. The molecule has 0 amide bonds. The van der Waals surface area contributed by atoms with Gasteiger partial charge < -0.3 is 0 Å². The Hall–Kier alpha value is -1.70. The van der Waals surface area contributed by atoms with Crippen LogP contribution >= 0.6 is 0 Å². The van der Waals surface area contributed by atoms with E-state index in [0.717, 1.165) is 10.9 Å². The van der Waals surface area contributed by atoms with Crippen molar-refractivity contribution in [3.63, 3.8) is 0 Å². The molecular weight excluding hydrogens is 186 g/mol. The zero-order valence-electron chi connectivity index (χ0n) is 9.03. The van der Waals surface area contributed by atoms with E-state index in [9.17, 15) is 4.79 Å². The second-order valence-electron chi connectivity index (χ2n) is 4.43. The summed E-state index contributed by atoms with van der Waals surface area (Å²) in [6.45, 7) is 7.51. The number of hydrogen-bond acceptors (Lipinski definition) is 1. The molecule has 0 aliphatic heterocycles. The SMILES string of the molecule is [CH2+]C(C)(C)C(=O)n1ccc2ccccc21. The fourth-order valence-electron chi connectivity index (χ4n) is 1.59. The van der Waals surface area contributed by atoms with Gasteiger partial charge in [0.15, 0.2) is 5.41 Å². The van der Waals surface area contributed by atoms with Gasteiger partial charge in [-0.3, -0.25) is 9.36 Å². The third-order valence-electron chi connectivity index (χ3n) is 2.40. The van der Waals surface area contributed by atoms with E-state index in [1.54, 1.807) is 10.8 Å². The maximum absolute atomic E-state index is 12.0. The lowest BCUT2D eigenvalue weighted by Gasteiger charge is -2.11.